The first-order valence-corrected chi connectivity index (χ1v) is 7.23. The molecule has 0 atom stereocenters. The molecule has 0 aromatic heterocycles. The van der Waals surface area contributed by atoms with Crippen molar-refractivity contribution in [1.29, 1.82) is 0 Å². The van der Waals surface area contributed by atoms with Crippen LogP contribution in [-0.2, 0) is 9.84 Å². The van der Waals surface area contributed by atoms with Gasteiger partial charge in [-0.05, 0) is 12.1 Å². The predicted molar refractivity (Wildman–Crippen MR) is 66.6 cm³/mol. The molecule has 0 fully saturated rings. The van der Waals surface area contributed by atoms with Gasteiger partial charge in [-0.2, -0.15) is 0 Å². The molecule has 5 heteroatoms. The van der Waals surface area contributed by atoms with Gasteiger partial charge in [0.25, 0.3) is 0 Å². The van der Waals surface area contributed by atoms with Crippen LogP contribution in [0.5, 0.6) is 0 Å². The van der Waals surface area contributed by atoms with Crippen LogP contribution in [0.15, 0.2) is 23.1 Å². The molecule has 18 heavy (non-hydrogen) atoms. The number of Topliss-reactive ketones (excluding diaryl/α,β-unsaturated/α-hetero) is 2. The maximum Gasteiger partial charge on any atom is 0.186 e. The van der Waals surface area contributed by atoms with Crippen LogP contribution in [-0.4, -0.2) is 25.7 Å². The van der Waals surface area contributed by atoms with Gasteiger partial charge in [-0.3, -0.25) is 9.59 Å². The first-order chi connectivity index (χ1) is 8.13. The highest BCUT2D eigenvalue weighted by Gasteiger charge is 2.34. The lowest BCUT2D eigenvalue weighted by Gasteiger charge is -2.16. The molecule has 0 spiro atoms. The molecule has 0 bridgehead atoms. The average molecular weight is 266 g/mol. The van der Waals surface area contributed by atoms with E-state index in [2.05, 4.69) is 0 Å². The number of hydrogen-bond acceptors (Lipinski definition) is 4. The summed E-state index contributed by atoms with van der Waals surface area (Å²) in [7, 11) is -3.56. The molecule has 96 valence electrons. The summed E-state index contributed by atoms with van der Waals surface area (Å²) >= 11 is 0. The van der Waals surface area contributed by atoms with Crippen LogP contribution in [0.4, 0.5) is 0 Å². The second-order valence-corrected chi connectivity index (χ2v) is 7.43. The molecule has 0 N–H and O–H groups in total. The molecule has 1 aromatic carbocycles. The smallest absolute Gasteiger partial charge is 0.186 e. The van der Waals surface area contributed by atoms with Crippen LogP contribution >= 0.6 is 0 Å². The van der Waals surface area contributed by atoms with E-state index in [1.165, 1.54) is 18.2 Å². The molecule has 1 heterocycles. The molecule has 0 aliphatic carbocycles. The number of ketones is 2. The van der Waals surface area contributed by atoms with Gasteiger partial charge in [0.05, 0.1) is 4.90 Å². The van der Waals surface area contributed by atoms with E-state index >= 15 is 0 Å². The van der Waals surface area contributed by atoms with Gasteiger partial charge in [0.15, 0.2) is 21.4 Å². The summed E-state index contributed by atoms with van der Waals surface area (Å²) < 4.78 is 23.5. The molecule has 0 saturated heterocycles. The Morgan fingerprint density at radius 1 is 1.22 bits per heavy atom. The van der Waals surface area contributed by atoms with Crippen LogP contribution in [0.1, 0.15) is 41.5 Å². The van der Waals surface area contributed by atoms with Crippen molar-refractivity contribution in [3.05, 3.63) is 29.3 Å². The maximum absolute atomic E-state index is 12.1. The first-order valence-electron chi connectivity index (χ1n) is 5.58. The van der Waals surface area contributed by atoms with Crippen LogP contribution in [0.3, 0.4) is 0 Å². The van der Waals surface area contributed by atoms with Crippen molar-refractivity contribution in [1.82, 2.24) is 0 Å². The first kappa shape index (κ1) is 13.0. The van der Waals surface area contributed by atoms with Crippen molar-refractivity contribution >= 4 is 21.4 Å². The zero-order chi connectivity index (χ0) is 13.7. The Labute approximate surface area is 106 Å². The molecule has 0 saturated carbocycles. The number of benzene rings is 1. The van der Waals surface area contributed by atoms with Crippen molar-refractivity contribution in [3.8, 4) is 0 Å². The molecule has 1 aliphatic rings. The SMILES string of the molecule is CC(C)(C)C(=O)c1ccc2c(c1)S(=O)(=O)CC2=O. The third-order valence-corrected chi connectivity index (χ3v) is 4.53. The van der Waals surface area contributed by atoms with E-state index in [0.29, 0.717) is 5.56 Å². The highest BCUT2D eigenvalue weighted by molar-refractivity contribution is 7.92. The molecule has 0 radical (unpaired) electrons. The second-order valence-electron chi connectivity index (χ2n) is 5.47. The number of hydrogen-bond donors (Lipinski definition) is 0. The molecule has 2 rings (SSSR count). The van der Waals surface area contributed by atoms with Crippen molar-refractivity contribution in [2.75, 3.05) is 5.75 Å². The number of carbonyl (C=O) groups excluding carboxylic acids is 2. The zero-order valence-corrected chi connectivity index (χ0v) is 11.3. The summed E-state index contributed by atoms with van der Waals surface area (Å²) in [5.41, 5.74) is -0.0550. The Morgan fingerprint density at radius 3 is 2.39 bits per heavy atom. The lowest BCUT2D eigenvalue weighted by molar-refractivity contribution is 0.0857. The van der Waals surface area contributed by atoms with Gasteiger partial charge in [-0.15, -0.1) is 0 Å². The summed E-state index contributed by atoms with van der Waals surface area (Å²) in [5.74, 6) is -1.03. The van der Waals surface area contributed by atoms with E-state index in [9.17, 15) is 18.0 Å². The van der Waals surface area contributed by atoms with E-state index in [4.69, 9.17) is 0 Å². The summed E-state index contributed by atoms with van der Waals surface area (Å²) in [4.78, 5) is 23.6. The van der Waals surface area contributed by atoms with E-state index < -0.39 is 26.8 Å². The van der Waals surface area contributed by atoms with Gasteiger partial charge in [0.1, 0.15) is 5.75 Å². The van der Waals surface area contributed by atoms with Crippen LogP contribution in [0.25, 0.3) is 0 Å². The van der Waals surface area contributed by atoms with E-state index in [1.54, 1.807) is 20.8 Å². The largest absolute Gasteiger partial charge is 0.294 e. The van der Waals surface area contributed by atoms with Crippen molar-refractivity contribution in [3.63, 3.8) is 0 Å². The fraction of sp³-hybridized carbons (Fsp3) is 0.385. The molecule has 1 aliphatic heterocycles. The van der Waals surface area contributed by atoms with Crippen molar-refractivity contribution in [2.24, 2.45) is 5.41 Å². The van der Waals surface area contributed by atoms with Crippen LogP contribution < -0.4 is 0 Å². The van der Waals surface area contributed by atoms with Gasteiger partial charge >= 0.3 is 0 Å². The standard InChI is InChI=1S/C13H14O4S/c1-13(2,3)12(15)8-4-5-9-10(14)7-18(16,17)11(9)6-8/h4-6H,7H2,1-3H3. The average Bonchev–Trinajstić information content (AvgIpc) is 2.47. The Hall–Kier alpha value is -1.49. The quantitative estimate of drug-likeness (QED) is 0.728. The normalized spacial score (nSPS) is 17.6. The van der Waals surface area contributed by atoms with E-state index in [1.807, 2.05) is 0 Å². The molecular formula is C13H14O4S. The minimum atomic E-state index is -3.56. The monoisotopic (exact) mass is 266 g/mol. The summed E-state index contributed by atoms with van der Waals surface area (Å²) in [6.45, 7) is 5.30. The predicted octanol–water partition coefficient (Wildman–Crippen LogP) is 1.89. The van der Waals surface area contributed by atoms with Gasteiger partial charge < -0.3 is 0 Å². The topological polar surface area (TPSA) is 68.3 Å². The molecule has 0 amide bonds. The highest BCUT2D eigenvalue weighted by Crippen LogP contribution is 2.29. The Morgan fingerprint density at radius 2 is 1.83 bits per heavy atom. The molecule has 4 nitrogen and oxygen atoms in total. The summed E-state index contributed by atoms with van der Waals surface area (Å²) in [6, 6.07) is 4.27. The number of fused-ring (bicyclic) bond motifs is 1. The highest BCUT2D eigenvalue weighted by atomic mass is 32.2. The van der Waals surface area contributed by atoms with Gasteiger partial charge in [0.2, 0.25) is 0 Å². The van der Waals surface area contributed by atoms with Gasteiger partial charge in [-0.1, -0.05) is 26.8 Å². The minimum absolute atomic E-state index is 0.0115. The Kier molecular flexibility index (Phi) is 2.70. The fourth-order valence-electron chi connectivity index (χ4n) is 1.91. The minimum Gasteiger partial charge on any atom is -0.294 e. The number of carbonyl (C=O) groups is 2. The lowest BCUT2D eigenvalue weighted by Crippen LogP contribution is -2.20. The molecule has 1 aromatic rings. The molecule has 0 unspecified atom stereocenters. The summed E-state index contributed by atoms with van der Waals surface area (Å²) in [6.07, 6.45) is 0. The van der Waals surface area contributed by atoms with Crippen molar-refractivity contribution in [2.45, 2.75) is 25.7 Å². The van der Waals surface area contributed by atoms with E-state index in [0.717, 1.165) is 0 Å². The Balaban J connectivity index is 2.59. The van der Waals surface area contributed by atoms with Gasteiger partial charge in [0, 0.05) is 16.5 Å². The van der Waals surface area contributed by atoms with Crippen LogP contribution in [0.2, 0.25) is 0 Å². The van der Waals surface area contributed by atoms with Crippen molar-refractivity contribution < 1.29 is 18.0 Å². The third kappa shape index (κ3) is 1.99. The lowest BCUT2D eigenvalue weighted by atomic mass is 9.86. The number of rotatable bonds is 1. The third-order valence-electron chi connectivity index (χ3n) is 2.88. The van der Waals surface area contributed by atoms with Gasteiger partial charge in [-0.25, -0.2) is 8.42 Å². The molecular weight excluding hydrogens is 252 g/mol. The maximum atomic E-state index is 12.1. The number of sulfone groups is 1. The fourth-order valence-corrected chi connectivity index (χ4v) is 3.39. The van der Waals surface area contributed by atoms with Crippen LogP contribution in [0, 0.1) is 5.41 Å². The zero-order valence-electron chi connectivity index (χ0n) is 10.5. The summed E-state index contributed by atoms with van der Waals surface area (Å²) in [5, 5.41) is 0. The van der Waals surface area contributed by atoms with E-state index in [-0.39, 0.29) is 16.2 Å². The second kappa shape index (κ2) is 3.75. The Bertz CT molecular complexity index is 648.